The Kier molecular flexibility index (Phi) is 4.86. The summed E-state index contributed by atoms with van der Waals surface area (Å²) in [6.45, 7) is 6.01. The van der Waals surface area contributed by atoms with Crippen LogP contribution in [-0.4, -0.2) is 42.2 Å². The fraction of sp³-hybridized carbons (Fsp3) is 0.588. The Balaban J connectivity index is 1.41. The lowest BCUT2D eigenvalue weighted by Gasteiger charge is -2.33. The summed E-state index contributed by atoms with van der Waals surface area (Å²) < 4.78 is 0. The van der Waals surface area contributed by atoms with Gasteiger partial charge in [-0.1, -0.05) is 18.2 Å². The molecule has 0 saturated carbocycles. The van der Waals surface area contributed by atoms with Gasteiger partial charge in [-0.2, -0.15) is 0 Å². The molecule has 4 heteroatoms. The van der Waals surface area contributed by atoms with Crippen LogP contribution in [0.4, 0.5) is 0 Å². The van der Waals surface area contributed by atoms with Crippen molar-refractivity contribution in [1.29, 1.82) is 0 Å². The zero-order chi connectivity index (χ0) is 14.7. The van der Waals surface area contributed by atoms with Gasteiger partial charge in [-0.3, -0.25) is 4.79 Å². The van der Waals surface area contributed by atoms with Crippen LogP contribution >= 0.6 is 11.8 Å². The molecule has 3 rings (SSSR count). The molecule has 0 aliphatic carbocycles. The summed E-state index contributed by atoms with van der Waals surface area (Å²) in [5.41, 5.74) is 1.52. The Hall–Kier alpha value is -1.00. The zero-order valence-electron chi connectivity index (χ0n) is 12.7. The van der Waals surface area contributed by atoms with Crippen molar-refractivity contribution in [3.8, 4) is 0 Å². The van der Waals surface area contributed by atoms with Crippen molar-refractivity contribution in [2.24, 2.45) is 5.92 Å². The van der Waals surface area contributed by atoms with E-state index >= 15 is 0 Å². The standard InChI is InChI=1S/C17H24N2OS/c1-13(20)18-11-14-6-8-19(9-7-14)12-16-10-15-4-2-3-5-17(15)21-16/h2-5,14,16H,6-12H2,1H3,(H,18,20). The van der Waals surface area contributed by atoms with Gasteiger partial charge in [-0.25, -0.2) is 0 Å². The van der Waals surface area contributed by atoms with Gasteiger partial charge in [0, 0.05) is 30.2 Å². The average Bonchev–Trinajstić information content (AvgIpc) is 2.88. The molecule has 0 bridgehead atoms. The van der Waals surface area contributed by atoms with Gasteiger partial charge in [0.25, 0.3) is 0 Å². The normalized spacial score (nSPS) is 23.0. The number of benzene rings is 1. The van der Waals surface area contributed by atoms with E-state index in [4.69, 9.17) is 0 Å². The Bertz CT molecular complexity index is 472. The number of likely N-dealkylation sites (tertiary alicyclic amines) is 1. The highest BCUT2D eigenvalue weighted by atomic mass is 32.2. The SMILES string of the molecule is CC(=O)NCC1CCN(CC2Cc3ccccc3S2)CC1. The van der Waals surface area contributed by atoms with Crippen LogP contribution < -0.4 is 5.32 Å². The maximum atomic E-state index is 11.0. The van der Waals surface area contributed by atoms with Crippen LogP contribution in [0.25, 0.3) is 0 Å². The highest BCUT2D eigenvalue weighted by Crippen LogP contribution is 2.37. The molecule has 1 unspecified atom stereocenters. The topological polar surface area (TPSA) is 32.3 Å². The van der Waals surface area contributed by atoms with E-state index in [0.29, 0.717) is 11.2 Å². The van der Waals surface area contributed by atoms with Crippen molar-refractivity contribution >= 4 is 17.7 Å². The average molecular weight is 304 g/mol. The molecule has 114 valence electrons. The predicted molar refractivity (Wildman–Crippen MR) is 87.6 cm³/mol. The Morgan fingerprint density at radius 2 is 2.10 bits per heavy atom. The number of nitrogens with one attached hydrogen (secondary N) is 1. The summed E-state index contributed by atoms with van der Waals surface area (Å²) >= 11 is 2.05. The molecule has 2 aliphatic heterocycles. The van der Waals surface area contributed by atoms with E-state index in [1.807, 2.05) is 11.8 Å². The van der Waals surface area contributed by atoms with Crippen LogP contribution in [0.5, 0.6) is 0 Å². The number of thioether (sulfide) groups is 1. The fourth-order valence-corrected chi connectivity index (χ4v) is 4.67. The van der Waals surface area contributed by atoms with Gasteiger partial charge < -0.3 is 10.2 Å². The molecule has 0 aromatic heterocycles. The molecule has 1 N–H and O–H groups in total. The minimum absolute atomic E-state index is 0.0950. The molecule has 1 amide bonds. The third-order valence-electron chi connectivity index (χ3n) is 4.52. The maximum Gasteiger partial charge on any atom is 0.216 e. The quantitative estimate of drug-likeness (QED) is 0.928. The largest absolute Gasteiger partial charge is 0.356 e. The van der Waals surface area contributed by atoms with Gasteiger partial charge >= 0.3 is 0 Å². The molecule has 0 spiro atoms. The van der Waals surface area contributed by atoms with Gasteiger partial charge in [0.1, 0.15) is 0 Å². The van der Waals surface area contributed by atoms with E-state index in [0.717, 1.165) is 6.54 Å². The number of piperidine rings is 1. The van der Waals surface area contributed by atoms with Crippen LogP contribution in [0.2, 0.25) is 0 Å². The van der Waals surface area contributed by atoms with Crippen LogP contribution in [-0.2, 0) is 11.2 Å². The number of hydrogen-bond donors (Lipinski definition) is 1. The molecule has 2 aliphatic rings. The molecule has 21 heavy (non-hydrogen) atoms. The van der Waals surface area contributed by atoms with Crippen molar-refractivity contribution in [2.45, 2.75) is 36.3 Å². The van der Waals surface area contributed by atoms with Crippen molar-refractivity contribution in [3.63, 3.8) is 0 Å². The number of nitrogens with zero attached hydrogens (tertiary/aromatic N) is 1. The highest BCUT2D eigenvalue weighted by molar-refractivity contribution is 8.00. The van der Waals surface area contributed by atoms with E-state index in [9.17, 15) is 4.79 Å². The van der Waals surface area contributed by atoms with Crippen molar-refractivity contribution in [3.05, 3.63) is 29.8 Å². The Morgan fingerprint density at radius 3 is 2.81 bits per heavy atom. The second-order valence-corrected chi connectivity index (χ2v) is 7.57. The summed E-state index contributed by atoms with van der Waals surface area (Å²) in [7, 11) is 0. The predicted octanol–water partition coefficient (Wildman–Crippen LogP) is 2.55. The molecule has 1 saturated heterocycles. The third-order valence-corrected chi connectivity index (χ3v) is 5.82. The third kappa shape index (κ3) is 4.01. The summed E-state index contributed by atoms with van der Waals surface area (Å²) in [6, 6.07) is 8.80. The van der Waals surface area contributed by atoms with Crippen molar-refractivity contribution < 1.29 is 4.79 Å². The lowest BCUT2D eigenvalue weighted by atomic mass is 9.96. The van der Waals surface area contributed by atoms with E-state index < -0.39 is 0 Å². The first-order valence-corrected chi connectivity index (χ1v) is 8.80. The van der Waals surface area contributed by atoms with Crippen LogP contribution in [0.3, 0.4) is 0 Å². The van der Waals surface area contributed by atoms with E-state index in [1.165, 1.54) is 49.4 Å². The summed E-state index contributed by atoms with van der Waals surface area (Å²) in [5.74, 6) is 0.760. The second kappa shape index (κ2) is 6.84. The molecule has 2 heterocycles. The first-order chi connectivity index (χ1) is 10.2. The van der Waals surface area contributed by atoms with E-state index in [2.05, 4.69) is 34.5 Å². The number of hydrogen-bond acceptors (Lipinski definition) is 3. The van der Waals surface area contributed by atoms with Crippen molar-refractivity contribution in [1.82, 2.24) is 10.2 Å². The van der Waals surface area contributed by atoms with Crippen LogP contribution in [0.15, 0.2) is 29.2 Å². The molecular weight excluding hydrogens is 280 g/mol. The summed E-state index contributed by atoms with van der Waals surface area (Å²) in [5, 5.41) is 3.67. The molecule has 1 aromatic rings. The number of fused-ring (bicyclic) bond motifs is 1. The van der Waals surface area contributed by atoms with E-state index in [-0.39, 0.29) is 5.91 Å². The number of amides is 1. The van der Waals surface area contributed by atoms with Gasteiger partial charge in [0.15, 0.2) is 0 Å². The molecule has 1 atom stereocenters. The zero-order valence-corrected chi connectivity index (χ0v) is 13.5. The smallest absolute Gasteiger partial charge is 0.216 e. The van der Waals surface area contributed by atoms with Gasteiger partial charge in [0.05, 0.1) is 0 Å². The molecule has 1 aromatic carbocycles. The first-order valence-electron chi connectivity index (χ1n) is 7.92. The second-order valence-electron chi connectivity index (χ2n) is 6.23. The number of rotatable bonds is 4. The molecule has 3 nitrogen and oxygen atoms in total. The van der Waals surface area contributed by atoms with Crippen molar-refractivity contribution in [2.75, 3.05) is 26.2 Å². The summed E-state index contributed by atoms with van der Waals surface area (Å²) in [6.07, 6.45) is 3.64. The minimum Gasteiger partial charge on any atom is -0.356 e. The summed E-state index contributed by atoms with van der Waals surface area (Å²) in [4.78, 5) is 15.0. The first kappa shape index (κ1) is 14.9. The van der Waals surface area contributed by atoms with Crippen LogP contribution in [0, 0.1) is 5.92 Å². The lowest BCUT2D eigenvalue weighted by molar-refractivity contribution is -0.119. The monoisotopic (exact) mass is 304 g/mol. The Morgan fingerprint density at radius 1 is 1.33 bits per heavy atom. The van der Waals surface area contributed by atoms with Gasteiger partial charge in [0.2, 0.25) is 5.91 Å². The van der Waals surface area contributed by atoms with E-state index in [1.54, 1.807) is 6.92 Å². The fourth-order valence-electron chi connectivity index (χ4n) is 3.30. The minimum atomic E-state index is 0.0950. The highest BCUT2D eigenvalue weighted by Gasteiger charge is 2.26. The molecule has 0 radical (unpaired) electrons. The van der Waals surface area contributed by atoms with Gasteiger partial charge in [-0.15, -0.1) is 11.8 Å². The maximum absolute atomic E-state index is 11.0. The molecule has 1 fully saturated rings. The lowest BCUT2D eigenvalue weighted by Crippen LogP contribution is -2.40. The Labute approximate surface area is 131 Å². The molecular formula is C17H24N2OS. The van der Waals surface area contributed by atoms with Crippen LogP contribution in [0.1, 0.15) is 25.3 Å². The van der Waals surface area contributed by atoms with Gasteiger partial charge in [-0.05, 0) is 49.9 Å². The number of carbonyl (C=O) groups excluding carboxylic acids is 1. The number of carbonyl (C=O) groups is 1.